The van der Waals surface area contributed by atoms with Crippen molar-refractivity contribution in [3.8, 4) is 0 Å². The Morgan fingerprint density at radius 3 is 2.64 bits per heavy atom. The van der Waals surface area contributed by atoms with Crippen LogP contribution in [0.25, 0.3) is 0 Å². The van der Waals surface area contributed by atoms with E-state index in [9.17, 15) is 0 Å². The molecule has 1 aromatic heterocycles. The molecule has 0 aliphatic carbocycles. The maximum atomic E-state index is 5.68. The van der Waals surface area contributed by atoms with Crippen molar-refractivity contribution >= 4 is 18.4 Å². The largest absolute Gasteiger partial charge is 0.384 e. The fourth-order valence-corrected chi connectivity index (χ4v) is 1.11. The average molecular weight is 171 g/mol. The monoisotopic (exact) mass is 171 g/mol. The molecule has 0 radical (unpaired) electrons. The Bertz CT molecular complexity index is 242. The zero-order chi connectivity index (χ0) is 8.43. The van der Waals surface area contributed by atoms with E-state index in [-0.39, 0.29) is 0 Å². The summed E-state index contributed by atoms with van der Waals surface area (Å²) >= 11 is 4.11. The van der Waals surface area contributed by atoms with Gasteiger partial charge in [-0.3, -0.25) is 0 Å². The van der Waals surface area contributed by atoms with Gasteiger partial charge in [0.1, 0.15) is 5.82 Å². The minimum absolute atomic E-state index is 0.323. The first kappa shape index (κ1) is 8.46. The lowest BCUT2D eigenvalue weighted by Crippen LogP contribution is -2.06. The van der Waals surface area contributed by atoms with Crippen molar-refractivity contribution in [2.24, 2.45) is 0 Å². The highest BCUT2D eigenvalue weighted by Gasteiger charge is 2.05. The summed E-state index contributed by atoms with van der Waals surface area (Å²) in [6, 6.07) is 2.18. The minimum atomic E-state index is 0.323. The van der Waals surface area contributed by atoms with Gasteiger partial charge in [-0.2, -0.15) is 17.7 Å². The third-order valence-corrected chi connectivity index (χ3v) is 1.79. The third kappa shape index (κ3) is 1.68. The first-order valence-electron chi connectivity index (χ1n) is 3.60. The summed E-state index contributed by atoms with van der Waals surface area (Å²) in [5, 5.41) is 4.24. The van der Waals surface area contributed by atoms with Gasteiger partial charge in [0.15, 0.2) is 0 Å². The summed E-state index contributed by atoms with van der Waals surface area (Å²) in [7, 11) is 0. The van der Waals surface area contributed by atoms with Gasteiger partial charge in [-0.05, 0) is 13.8 Å². The topological polar surface area (TPSA) is 43.8 Å². The average Bonchev–Trinajstić information content (AvgIpc) is 2.30. The van der Waals surface area contributed by atoms with E-state index in [0.29, 0.717) is 17.6 Å². The smallest absolute Gasteiger partial charge is 0.122 e. The van der Waals surface area contributed by atoms with Crippen LogP contribution in [0, 0.1) is 0 Å². The molecule has 0 spiro atoms. The van der Waals surface area contributed by atoms with Crippen LogP contribution in [0.1, 0.15) is 25.6 Å². The fourth-order valence-electron chi connectivity index (χ4n) is 0.953. The number of nitrogen functional groups attached to an aromatic ring is 1. The van der Waals surface area contributed by atoms with Crippen LogP contribution < -0.4 is 5.73 Å². The molecule has 0 amide bonds. The summed E-state index contributed by atoms with van der Waals surface area (Å²) in [4.78, 5) is 0. The molecule has 0 saturated heterocycles. The molecule has 2 N–H and O–H groups in total. The molecule has 62 valence electrons. The fraction of sp³-hybridized carbons (Fsp3) is 0.571. The van der Waals surface area contributed by atoms with Crippen LogP contribution in [0.2, 0.25) is 0 Å². The van der Waals surface area contributed by atoms with Gasteiger partial charge in [0.25, 0.3) is 0 Å². The number of rotatable bonds is 2. The molecule has 11 heavy (non-hydrogen) atoms. The minimum Gasteiger partial charge on any atom is -0.384 e. The molecule has 1 aromatic rings. The van der Waals surface area contributed by atoms with Crippen molar-refractivity contribution in [1.82, 2.24) is 9.78 Å². The zero-order valence-corrected chi connectivity index (χ0v) is 7.68. The van der Waals surface area contributed by atoms with Crippen LogP contribution >= 0.6 is 12.6 Å². The molecule has 0 atom stereocenters. The van der Waals surface area contributed by atoms with Crippen molar-refractivity contribution in [3.05, 3.63) is 11.8 Å². The summed E-state index contributed by atoms with van der Waals surface area (Å²) in [6.07, 6.45) is 0. The summed E-state index contributed by atoms with van der Waals surface area (Å²) in [6.45, 7) is 4.09. The van der Waals surface area contributed by atoms with Crippen LogP contribution in [0.4, 0.5) is 5.82 Å². The normalized spacial score (nSPS) is 10.9. The lowest BCUT2D eigenvalue weighted by atomic mass is 10.4. The van der Waals surface area contributed by atoms with Gasteiger partial charge >= 0.3 is 0 Å². The molecule has 0 bridgehead atoms. The van der Waals surface area contributed by atoms with Gasteiger partial charge in [0.2, 0.25) is 0 Å². The van der Waals surface area contributed by atoms with Crippen LogP contribution in [0.3, 0.4) is 0 Å². The van der Waals surface area contributed by atoms with E-state index in [4.69, 9.17) is 5.73 Å². The van der Waals surface area contributed by atoms with Gasteiger partial charge in [-0.1, -0.05) is 0 Å². The summed E-state index contributed by atoms with van der Waals surface area (Å²) in [5.41, 5.74) is 6.61. The third-order valence-electron chi connectivity index (χ3n) is 1.47. The van der Waals surface area contributed by atoms with E-state index < -0.39 is 0 Å². The molecule has 0 aliphatic heterocycles. The number of hydrogen-bond acceptors (Lipinski definition) is 3. The quantitative estimate of drug-likeness (QED) is 0.662. The highest BCUT2D eigenvalue weighted by atomic mass is 32.1. The van der Waals surface area contributed by atoms with Crippen LogP contribution in [0.5, 0.6) is 0 Å². The maximum absolute atomic E-state index is 5.68. The first-order chi connectivity index (χ1) is 5.15. The number of nitrogens with two attached hydrogens (primary N) is 1. The maximum Gasteiger partial charge on any atom is 0.122 e. The van der Waals surface area contributed by atoms with Gasteiger partial charge < -0.3 is 5.73 Å². The molecule has 4 heteroatoms. The number of aromatic nitrogens is 2. The van der Waals surface area contributed by atoms with Crippen molar-refractivity contribution in [2.75, 3.05) is 5.73 Å². The van der Waals surface area contributed by atoms with Gasteiger partial charge in [0.05, 0.1) is 5.69 Å². The molecule has 1 rings (SSSR count). The van der Waals surface area contributed by atoms with Gasteiger partial charge in [-0.25, -0.2) is 4.68 Å². The lowest BCUT2D eigenvalue weighted by molar-refractivity contribution is 0.536. The Hall–Kier alpha value is -0.640. The van der Waals surface area contributed by atoms with E-state index >= 15 is 0 Å². The number of thiol groups is 1. The standard InChI is InChI=1S/C7H13N3S/c1-5(2)10-7(8)3-6(4-11)9-10/h3,5,11H,4,8H2,1-2H3. The molecule has 3 nitrogen and oxygen atoms in total. The van der Waals surface area contributed by atoms with Gasteiger partial charge in [-0.15, -0.1) is 0 Å². The molecule has 0 saturated carbocycles. The second-order valence-corrected chi connectivity index (χ2v) is 3.07. The van der Waals surface area contributed by atoms with E-state index in [1.54, 1.807) is 4.68 Å². The van der Waals surface area contributed by atoms with Crippen molar-refractivity contribution in [2.45, 2.75) is 25.6 Å². The van der Waals surface area contributed by atoms with Crippen LogP contribution in [-0.2, 0) is 5.75 Å². The zero-order valence-electron chi connectivity index (χ0n) is 6.78. The van der Waals surface area contributed by atoms with E-state index in [2.05, 4.69) is 17.7 Å². The summed E-state index contributed by atoms with van der Waals surface area (Å²) < 4.78 is 1.80. The van der Waals surface area contributed by atoms with E-state index in [1.807, 2.05) is 19.9 Å². The number of nitrogens with zero attached hydrogens (tertiary/aromatic N) is 2. The Labute approximate surface area is 72.0 Å². The Morgan fingerprint density at radius 2 is 2.36 bits per heavy atom. The molecule has 0 unspecified atom stereocenters. The predicted molar refractivity (Wildman–Crippen MR) is 49.7 cm³/mol. The van der Waals surface area contributed by atoms with Gasteiger partial charge in [0, 0.05) is 17.9 Å². The Morgan fingerprint density at radius 1 is 1.73 bits per heavy atom. The van der Waals surface area contributed by atoms with Crippen LogP contribution in [0.15, 0.2) is 6.07 Å². The van der Waals surface area contributed by atoms with Crippen LogP contribution in [-0.4, -0.2) is 9.78 Å². The van der Waals surface area contributed by atoms with Crippen molar-refractivity contribution in [3.63, 3.8) is 0 Å². The Balaban J connectivity index is 2.97. The SMILES string of the molecule is CC(C)n1nc(CS)cc1N. The highest BCUT2D eigenvalue weighted by Crippen LogP contribution is 2.13. The lowest BCUT2D eigenvalue weighted by Gasteiger charge is -2.06. The van der Waals surface area contributed by atoms with E-state index in [0.717, 1.165) is 5.69 Å². The molecular weight excluding hydrogens is 158 g/mol. The second kappa shape index (κ2) is 3.17. The first-order valence-corrected chi connectivity index (χ1v) is 4.23. The number of hydrogen-bond donors (Lipinski definition) is 2. The highest BCUT2D eigenvalue weighted by molar-refractivity contribution is 7.79. The van der Waals surface area contributed by atoms with Crippen molar-refractivity contribution < 1.29 is 0 Å². The second-order valence-electron chi connectivity index (χ2n) is 2.76. The molecule has 0 fully saturated rings. The molecule has 0 aliphatic rings. The molecule has 1 heterocycles. The van der Waals surface area contributed by atoms with E-state index in [1.165, 1.54) is 0 Å². The molecule has 0 aromatic carbocycles. The molecular formula is C7H13N3S. The number of anilines is 1. The predicted octanol–water partition coefficient (Wildman–Crippen LogP) is 1.48. The summed E-state index contributed by atoms with van der Waals surface area (Å²) in [5.74, 6) is 1.35. The van der Waals surface area contributed by atoms with Crippen molar-refractivity contribution in [1.29, 1.82) is 0 Å². The Kier molecular flexibility index (Phi) is 2.44.